The van der Waals surface area contributed by atoms with Crippen molar-refractivity contribution in [1.29, 1.82) is 0 Å². The van der Waals surface area contributed by atoms with Gasteiger partial charge in [-0.25, -0.2) is 0 Å². The summed E-state index contributed by atoms with van der Waals surface area (Å²) in [5.41, 5.74) is 0.818. The number of aromatic nitrogens is 1. The van der Waals surface area contributed by atoms with E-state index in [-0.39, 0.29) is 5.91 Å². The summed E-state index contributed by atoms with van der Waals surface area (Å²) in [6.07, 6.45) is 6.79. The molecule has 0 aromatic carbocycles. The maximum atomic E-state index is 12.8. The lowest BCUT2D eigenvalue weighted by molar-refractivity contribution is 0.0640. The highest BCUT2D eigenvalue weighted by atomic mass is 16.2. The minimum atomic E-state index is 0.211. The summed E-state index contributed by atoms with van der Waals surface area (Å²) in [4.78, 5) is 17.5. The van der Waals surface area contributed by atoms with E-state index in [1.807, 2.05) is 29.9 Å². The van der Waals surface area contributed by atoms with E-state index in [1.165, 1.54) is 19.4 Å². The maximum absolute atomic E-state index is 12.8. The Hall–Kier alpha value is -1.29. The normalized spacial score (nSPS) is 27.4. The highest BCUT2D eigenvalue weighted by Crippen LogP contribution is 2.30. The summed E-state index contributed by atoms with van der Waals surface area (Å²) >= 11 is 0. The molecule has 4 nitrogen and oxygen atoms in total. The first-order valence-electron chi connectivity index (χ1n) is 7.88. The van der Waals surface area contributed by atoms with Crippen molar-refractivity contribution in [2.45, 2.75) is 44.7 Å². The zero-order valence-electron chi connectivity index (χ0n) is 12.6. The fourth-order valence-electron chi connectivity index (χ4n) is 3.96. The van der Waals surface area contributed by atoms with Gasteiger partial charge in [-0.1, -0.05) is 6.92 Å². The molecule has 20 heavy (non-hydrogen) atoms. The number of carbonyl (C=O) groups excluding carboxylic acids is 1. The van der Waals surface area contributed by atoms with Crippen LogP contribution in [0.1, 0.15) is 43.1 Å². The van der Waals surface area contributed by atoms with E-state index >= 15 is 0 Å². The summed E-state index contributed by atoms with van der Waals surface area (Å²) in [6, 6.07) is 4.88. The van der Waals surface area contributed by atoms with E-state index in [0.717, 1.165) is 31.6 Å². The average molecular weight is 275 g/mol. The Labute approximate surface area is 121 Å². The molecule has 4 heteroatoms. The number of aryl methyl sites for hydroxylation is 1. The Balaban J connectivity index is 1.79. The number of likely N-dealkylation sites (N-methyl/N-ethyl adjacent to an activating group) is 1. The lowest BCUT2D eigenvalue weighted by Gasteiger charge is -2.34. The van der Waals surface area contributed by atoms with E-state index in [0.29, 0.717) is 12.1 Å². The molecule has 2 fully saturated rings. The monoisotopic (exact) mass is 275 g/mol. The zero-order chi connectivity index (χ0) is 14.1. The average Bonchev–Trinajstić information content (AvgIpc) is 3.17. The molecule has 1 aromatic rings. The first-order chi connectivity index (χ1) is 9.72. The van der Waals surface area contributed by atoms with Crippen molar-refractivity contribution in [3.8, 4) is 0 Å². The molecule has 1 amide bonds. The summed E-state index contributed by atoms with van der Waals surface area (Å²) < 4.78 is 1.93. The van der Waals surface area contributed by atoms with Gasteiger partial charge in [-0.05, 0) is 50.9 Å². The Morgan fingerprint density at radius 1 is 1.25 bits per heavy atom. The fourth-order valence-corrected chi connectivity index (χ4v) is 3.96. The number of likely N-dealkylation sites (tertiary alicyclic amines) is 2. The van der Waals surface area contributed by atoms with E-state index in [4.69, 9.17) is 0 Å². The number of hydrogen-bond donors (Lipinski definition) is 0. The van der Waals surface area contributed by atoms with Gasteiger partial charge in [-0.15, -0.1) is 0 Å². The minimum absolute atomic E-state index is 0.211. The smallest absolute Gasteiger partial charge is 0.270 e. The van der Waals surface area contributed by atoms with Crippen LogP contribution in [0.4, 0.5) is 0 Å². The zero-order valence-corrected chi connectivity index (χ0v) is 12.6. The third-order valence-electron chi connectivity index (χ3n) is 4.99. The minimum Gasteiger partial charge on any atom is -0.347 e. The summed E-state index contributed by atoms with van der Waals surface area (Å²) in [5.74, 6) is 0.211. The van der Waals surface area contributed by atoms with Crippen LogP contribution in [0.25, 0.3) is 0 Å². The van der Waals surface area contributed by atoms with E-state index < -0.39 is 0 Å². The first kappa shape index (κ1) is 13.7. The van der Waals surface area contributed by atoms with E-state index in [9.17, 15) is 4.79 Å². The molecule has 3 heterocycles. The van der Waals surface area contributed by atoms with Crippen molar-refractivity contribution in [3.05, 3.63) is 24.0 Å². The second-order valence-electron chi connectivity index (χ2n) is 6.05. The molecule has 2 aliphatic rings. The molecule has 3 rings (SSSR count). The molecule has 2 saturated heterocycles. The second-order valence-corrected chi connectivity index (χ2v) is 6.05. The SMILES string of the molecule is CCN1CCC[C@H]1[C@@H]1CCCN1C(=O)c1cccn1C. The van der Waals surface area contributed by atoms with Crippen molar-refractivity contribution < 1.29 is 4.79 Å². The number of hydrogen-bond acceptors (Lipinski definition) is 2. The van der Waals surface area contributed by atoms with Gasteiger partial charge < -0.3 is 9.47 Å². The van der Waals surface area contributed by atoms with Crippen LogP contribution in [0.15, 0.2) is 18.3 Å². The van der Waals surface area contributed by atoms with Crippen LogP contribution in [0, 0.1) is 0 Å². The fraction of sp³-hybridized carbons (Fsp3) is 0.688. The Morgan fingerprint density at radius 3 is 2.70 bits per heavy atom. The summed E-state index contributed by atoms with van der Waals surface area (Å²) in [5, 5.41) is 0. The van der Waals surface area contributed by atoms with Crippen molar-refractivity contribution in [1.82, 2.24) is 14.4 Å². The van der Waals surface area contributed by atoms with Gasteiger partial charge in [0.1, 0.15) is 5.69 Å². The predicted molar refractivity (Wildman–Crippen MR) is 79.7 cm³/mol. The van der Waals surface area contributed by atoms with Gasteiger partial charge in [0.2, 0.25) is 0 Å². The Bertz CT molecular complexity index is 482. The van der Waals surface area contributed by atoms with Gasteiger partial charge in [0.25, 0.3) is 5.91 Å². The first-order valence-corrected chi connectivity index (χ1v) is 7.88. The number of amides is 1. The lowest BCUT2D eigenvalue weighted by Crippen LogP contribution is -2.48. The van der Waals surface area contributed by atoms with Crippen LogP contribution in [-0.2, 0) is 7.05 Å². The molecular formula is C16H25N3O. The van der Waals surface area contributed by atoms with E-state index in [2.05, 4.69) is 16.7 Å². The standard InChI is InChI=1S/C16H25N3O/c1-3-18-11-5-7-13(18)14-8-6-12-19(14)16(20)15-9-4-10-17(15)2/h4,9-10,13-14H,3,5-8,11-12H2,1-2H3/t13-,14-/m0/s1. The molecule has 1 aromatic heterocycles. The Morgan fingerprint density at radius 2 is 2.00 bits per heavy atom. The molecule has 0 radical (unpaired) electrons. The molecule has 110 valence electrons. The van der Waals surface area contributed by atoms with Gasteiger partial charge in [0.05, 0.1) is 0 Å². The van der Waals surface area contributed by atoms with Gasteiger partial charge in [0, 0.05) is 31.9 Å². The third-order valence-corrected chi connectivity index (χ3v) is 4.99. The van der Waals surface area contributed by atoms with Crippen LogP contribution < -0.4 is 0 Å². The molecule has 2 atom stereocenters. The van der Waals surface area contributed by atoms with Crippen molar-refractivity contribution in [3.63, 3.8) is 0 Å². The maximum Gasteiger partial charge on any atom is 0.270 e. The molecule has 0 unspecified atom stereocenters. The van der Waals surface area contributed by atoms with Gasteiger partial charge in [0.15, 0.2) is 0 Å². The third kappa shape index (κ3) is 2.26. The van der Waals surface area contributed by atoms with E-state index in [1.54, 1.807) is 0 Å². The molecule has 0 N–H and O–H groups in total. The molecule has 2 aliphatic heterocycles. The van der Waals surface area contributed by atoms with Crippen LogP contribution in [0.3, 0.4) is 0 Å². The van der Waals surface area contributed by atoms with Crippen LogP contribution in [0.5, 0.6) is 0 Å². The quantitative estimate of drug-likeness (QED) is 0.845. The second kappa shape index (κ2) is 5.60. The highest BCUT2D eigenvalue weighted by Gasteiger charge is 2.39. The molecule has 0 bridgehead atoms. The van der Waals surface area contributed by atoms with Crippen LogP contribution >= 0.6 is 0 Å². The topological polar surface area (TPSA) is 28.5 Å². The van der Waals surface area contributed by atoms with Crippen LogP contribution in [0.2, 0.25) is 0 Å². The van der Waals surface area contributed by atoms with Gasteiger partial charge >= 0.3 is 0 Å². The molecule has 0 saturated carbocycles. The molecule has 0 spiro atoms. The van der Waals surface area contributed by atoms with Crippen molar-refractivity contribution in [2.75, 3.05) is 19.6 Å². The number of carbonyl (C=O) groups is 1. The predicted octanol–water partition coefficient (Wildman–Crippen LogP) is 2.11. The van der Waals surface area contributed by atoms with Gasteiger partial charge in [-0.2, -0.15) is 0 Å². The molecular weight excluding hydrogens is 250 g/mol. The lowest BCUT2D eigenvalue weighted by atomic mass is 10.0. The van der Waals surface area contributed by atoms with Crippen molar-refractivity contribution >= 4 is 5.91 Å². The largest absolute Gasteiger partial charge is 0.347 e. The van der Waals surface area contributed by atoms with Crippen LogP contribution in [-0.4, -0.2) is 52.0 Å². The highest BCUT2D eigenvalue weighted by molar-refractivity contribution is 5.93. The number of nitrogens with zero attached hydrogens (tertiary/aromatic N) is 3. The van der Waals surface area contributed by atoms with Crippen molar-refractivity contribution in [2.24, 2.45) is 7.05 Å². The van der Waals surface area contributed by atoms with Gasteiger partial charge in [-0.3, -0.25) is 9.69 Å². The summed E-state index contributed by atoms with van der Waals surface area (Å²) in [7, 11) is 1.95. The summed E-state index contributed by atoms with van der Waals surface area (Å²) in [6.45, 7) is 5.45. The number of rotatable bonds is 3. The Kier molecular flexibility index (Phi) is 3.83. The molecule has 0 aliphatic carbocycles.